The zero-order valence-corrected chi connectivity index (χ0v) is 24.2. The minimum absolute atomic E-state index is 0.00482. The number of hydrogen-bond donors (Lipinski definition) is 3. The van der Waals surface area contributed by atoms with Crippen LogP contribution in [0.25, 0.3) is 0 Å². The maximum atomic E-state index is 13.0. The number of rotatable bonds is 8. The van der Waals surface area contributed by atoms with E-state index in [9.17, 15) is 14.7 Å². The summed E-state index contributed by atoms with van der Waals surface area (Å²) in [5.74, 6) is -0.192. The Morgan fingerprint density at radius 2 is 1.73 bits per heavy atom. The summed E-state index contributed by atoms with van der Waals surface area (Å²) in [5.41, 5.74) is 2.80. The molecule has 2 aromatic carbocycles. The molecule has 5 atom stereocenters. The van der Waals surface area contributed by atoms with Crippen molar-refractivity contribution in [2.24, 2.45) is 5.92 Å². The van der Waals surface area contributed by atoms with Crippen molar-refractivity contribution < 1.29 is 28.9 Å². The number of benzene rings is 2. The topological polar surface area (TPSA) is 109 Å². The molecule has 2 fully saturated rings. The Morgan fingerprint density at radius 3 is 2.35 bits per heavy atom. The quantitative estimate of drug-likeness (QED) is 0.398. The fraction of sp³-hybridized carbons (Fsp3) is 0.548. The highest BCUT2D eigenvalue weighted by atomic mass is 16.7. The minimum atomic E-state index is -0.634. The lowest BCUT2D eigenvalue weighted by atomic mass is 9.90. The van der Waals surface area contributed by atoms with Gasteiger partial charge in [-0.1, -0.05) is 43.3 Å². The third-order valence-electron chi connectivity index (χ3n) is 7.36. The molecule has 0 radical (unpaired) electrons. The van der Waals surface area contributed by atoms with Gasteiger partial charge in [0.05, 0.1) is 18.8 Å². The molecular weight excluding hydrogens is 510 g/mol. The number of ether oxygens (including phenoxy) is 3. The molecule has 2 aliphatic rings. The summed E-state index contributed by atoms with van der Waals surface area (Å²) in [4.78, 5) is 27.1. The number of esters is 1. The number of carbonyl (C=O) groups excluding carboxylic acids is 2. The Kier molecular flexibility index (Phi) is 9.84. The van der Waals surface area contributed by atoms with Gasteiger partial charge in [-0.3, -0.25) is 9.69 Å². The number of amides is 2. The smallest absolute Gasteiger partial charge is 0.323 e. The van der Waals surface area contributed by atoms with Gasteiger partial charge in [0.1, 0.15) is 11.6 Å². The van der Waals surface area contributed by atoms with Gasteiger partial charge in [0.2, 0.25) is 0 Å². The minimum Gasteiger partial charge on any atom is -0.459 e. The van der Waals surface area contributed by atoms with Crippen LogP contribution in [0.1, 0.15) is 76.5 Å². The van der Waals surface area contributed by atoms with Crippen LogP contribution in [0, 0.1) is 5.92 Å². The monoisotopic (exact) mass is 553 g/mol. The molecule has 2 amide bonds. The largest absolute Gasteiger partial charge is 0.459 e. The summed E-state index contributed by atoms with van der Waals surface area (Å²) in [6.07, 6.45) is 0.591. The second-order valence-electron chi connectivity index (χ2n) is 11.6. The van der Waals surface area contributed by atoms with Crippen LogP contribution in [0.3, 0.4) is 0 Å². The van der Waals surface area contributed by atoms with Crippen LogP contribution in [0.5, 0.6) is 0 Å². The van der Waals surface area contributed by atoms with Gasteiger partial charge in [-0.05, 0) is 70.3 Å². The SMILES string of the molecule is CCNC(=O)Nc1ccc([C@H]2O[C@@H](CN3CCC[C@H]3C(=O)OC(C)(C)C)[C@@H](C)[C@@H](c3ccc(CO)cc3)O2)cc1. The van der Waals surface area contributed by atoms with E-state index in [-0.39, 0.29) is 42.8 Å². The summed E-state index contributed by atoms with van der Waals surface area (Å²) in [7, 11) is 0. The first-order chi connectivity index (χ1) is 19.1. The van der Waals surface area contributed by atoms with Crippen LogP contribution in [0.15, 0.2) is 48.5 Å². The molecule has 2 aliphatic heterocycles. The van der Waals surface area contributed by atoms with Gasteiger partial charge in [0, 0.05) is 30.3 Å². The van der Waals surface area contributed by atoms with E-state index in [0.717, 1.165) is 36.1 Å². The van der Waals surface area contributed by atoms with Gasteiger partial charge in [-0.25, -0.2) is 4.79 Å². The number of carbonyl (C=O) groups is 2. The average Bonchev–Trinajstić information content (AvgIpc) is 3.38. The second-order valence-corrected chi connectivity index (χ2v) is 11.6. The normalized spacial score (nSPS) is 25.4. The molecule has 0 aromatic heterocycles. The van der Waals surface area contributed by atoms with Crippen molar-refractivity contribution in [3.63, 3.8) is 0 Å². The van der Waals surface area contributed by atoms with E-state index in [0.29, 0.717) is 18.8 Å². The van der Waals surface area contributed by atoms with Crippen molar-refractivity contribution in [1.29, 1.82) is 0 Å². The van der Waals surface area contributed by atoms with Crippen molar-refractivity contribution in [1.82, 2.24) is 10.2 Å². The Labute approximate surface area is 237 Å². The Morgan fingerprint density at radius 1 is 1.05 bits per heavy atom. The van der Waals surface area contributed by atoms with Crippen molar-refractivity contribution in [2.75, 3.05) is 25.0 Å². The standard InChI is InChI=1S/C31H43N3O6/c1-6-32-30(37)33-24-15-13-23(14-16-24)29-38-26(18-34-17-7-8-25(34)28(36)40-31(3,4)5)20(2)27(39-29)22-11-9-21(19-35)10-12-22/h9-16,20,25-27,29,35H,6-8,17-19H2,1-5H3,(H2,32,33,37)/t20-,25+,26+,27+,29+/m1/s1. The van der Waals surface area contributed by atoms with Crippen molar-refractivity contribution in [3.05, 3.63) is 65.2 Å². The summed E-state index contributed by atoms with van der Waals surface area (Å²) in [6, 6.07) is 14.7. The summed E-state index contributed by atoms with van der Waals surface area (Å²) in [5, 5.41) is 15.0. The van der Waals surface area contributed by atoms with Gasteiger partial charge >= 0.3 is 12.0 Å². The lowest BCUT2D eigenvalue weighted by Crippen LogP contribution is -2.48. The first kappa shape index (κ1) is 30.0. The maximum absolute atomic E-state index is 13.0. The molecule has 9 nitrogen and oxygen atoms in total. The fourth-order valence-corrected chi connectivity index (χ4v) is 5.30. The van der Waals surface area contributed by atoms with Crippen LogP contribution in [0.4, 0.5) is 10.5 Å². The highest BCUT2D eigenvalue weighted by molar-refractivity contribution is 5.89. The fourth-order valence-electron chi connectivity index (χ4n) is 5.30. The van der Waals surface area contributed by atoms with Crippen LogP contribution in [-0.4, -0.2) is 59.4 Å². The molecule has 2 heterocycles. The molecular formula is C31H43N3O6. The van der Waals surface area contributed by atoms with Crippen molar-refractivity contribution in [3.8, 4) is 0 Å². The average molecular weight is 554 g/mol. The molecule has 0 bridgehead atoms. The second kappa shape index (κ2) is 13.1. The number of nitrogens with zero attached hydrogens (tertiary/aromatic N) is 1. The molecule has 2 saturated heterocycles. The Balaban J connectivity index is 1.56. The molecule has 0 spiro atoms. The summed E-state index contributed by atoms with van der Waals surface area (Å²) < 4.78 is 18.8. The number of likely N-dealkylation sites (tertiary alicyclic amines) is 1. The maximum Gasteiger partial charge on any atom is 0.323 e. The van der Waals surface area contributed by atoms with E-state index < -0.39 is 11.9 Å². The van der Waals surface area contributed by atoms with Crippen molar-refractivity contribution >= 4 is 17.7 Å². The highest BCUT2D eigenvalue weighted by Crippen LogP contribution is 2.42. The lowest BCUT2D eigenvalue weighted by Gasteiger charge is -2.43. The van der Waals surface area contributed by atoms with Gasteiger partial charge in [0.15, 0.2) is 6.29 Å². The first-order valence-corrected chi connectivity index (χ1v) is 14.2. The van der Waals surface area contributed by atoms with E-state index in [2.05, 4.69) is 22.5 Å². The van der Waals surface area contributed by atoms with Gasteiger partial charge in [-0.2, -0.15) is 0 Å². The molecule has 3 N–H and O–H groups in total. The van der Waals surface area contributed by atoms with E-state index in [1.54, 1.807) is 0 Å². The van der Waals surface area contributed by atoms with Crippen LogP contribution in [-0.2, 0) is 25.6 Å². The Hall–Kier alpha value is -2.98. The predicted molar refractivity (Wildman–Crippen MR) is 153 cm³/mol. The van der Waals surface area contributed by atoms with Gasteiger partial charge in [-0.15, -0.1) is 0 Å². The number of hydrogen-bond acceptors (Lipinski definition) is 7. The lowest BCUT2D eigenvalue weighted by molar-refractivity contribution is -0.276. The number of anilines is 1. The van der Waals surface area contributed by atoms with Crippen LogP contribution >= 0.6 is 0 Å². The zero-order valence-electron chi connectivity index (χ0n) is 24.2. The van der Waals surface area contributed by atoms with Gasteiger partial charge in [0.25, 0.3) is 0 Å². The molecule has 40 heavy (non-hydrogen) atoms. The van der Waals surface area contributed by atoms with E-state index in [1.807, 2.05) is 76.2 Å². The highest BCUT2D eigenvalue weighted by Gasteiger charge is 2.42. The summed E-state index contributed by atoms with van der Waals surface area (Å²) >= 11 is 0. The molecule has 4 rings (SSSR count). The van der Waals surface area contributed by atoms with Crippen LogP contribution < -0.4 is 10.6 Å². The van der Waals surface area contributed by atoms with Crippen molar-refractivity contribution in [2.45, 2.75) is 84.2 Å². The molecule has 2 aromatic rings. The van der Waals surface area contributed by atoms with Crippen LogP contribution in [0.2, 0.25) is 0 Å². The summed E-state index contributed by atoms with van der Waals surface area (Å²) in [6.45, 7) is 11.6. The number of urea groups is 1. The van der Waals surface area contributed by atoms with Gasteiger partial charge < -0.3 is 30.0 Å². The molecule has 0 saturated carbocycles. The first-order valence-electron chi connectivity index (χ1n) is 14.2. The van der Waals surface area contributed by atoms with E-state index in [4.69, 9.17) is 14.2 Å². The molecule has 0 unspecified atom stereocenters. The predicted octanol–water partition coefficient (Wildman–Crippen LogP) is 4.92. The molecule has 0 aliphatic carbocycles. The molecule has 9 heteroatoms. The molecule has 218 valence electrons. The number of aliphatic hydroxyl groups is 1. The van der Waals surface area contributed by atoms with E-state index >= 15 is 0 Å². The van der Waals surface area contributed by atoms with E-state index in [1.165, 1.54) is 0 Å². The number of aliphatic hydroxyl groups excluding tert-OH is 1. The number of nitrogens with one attached hydrogen (secondary N) is 2. The third-order valence-corrected chi connectivity index (χ3v) is 7.36. The Bertz CT molecular complexity index is 1130. The third kappa shape index (κ3) is 7.60. The zero-order chi connectivity index (χ0) is 28.9.